The molecule has 5 heteroatoms. The van der Waals surface area contributed by atoms with Crippen molar-refractivity contribution in [1.82, 2.24) is 10.3 Å². The highest BCUT2D eigenvalue weighted by molar-refractivity contribution is 8.00. The molecule has 0 spiro atoms. The van der Waals surface area contributed by atoms with Gasteiger partial charge in [-0.3, -0.25) is 0 Å². The van der Waals surface area contributed by atoms with Crippen molar-refractivity contribution in [2.24, 2.45) is 0 Å². The van der Waals surface area contributed by atoms with Crippen LogP contribution < -0.4 is 10.2 Å². The van der Waals surface area contributed by atoms with Gasteiger partial charge >= 0.3 is 0 Å². The van der Waals surface area contributed by atoms with Crippen molar-refractivity contribution in [3.05, 3.63) is 10.6 Å². The third-order valence-electron chi connectivity index (χ3n) is 3.24. The molecule has 1 aromatic heterocycles. The van der Waals surface area contributed by atoms with Gasteiger partial charge in [0.05, 0.1) is 5.69 Å². The molecule has 1 saturated heterocycles. The van der Waals surface area contributed by atoms with Gasteiger partial charge in [-0.2, -0.15) is 11.8 Å². The van der Waals surface area contributed by atoms with Crippen LogP contribution in [0.3, 0.4) is 0 Å². The lowest BCUT2D eigenvalue weighted by atomic mass is 10.2. The van der Waals surface area contributed by atoms with Crippen LogP contribution in [0.5, 0.6) is 0 Å². The third kappa shape index (κ3) is 3.19. The summed E-state index contributed by atoms with van der Waals surface area (Å²) in [5.41, 5.74) is 1.19. The summed E-state index contributed by atoms with van der Waals surface area (Å²) in [6.07, 6.45) is 0. The van der Waals surface area contributed by atoms with E-state index >= 15 is 0 Å². The van der Waals surface area contributed by atoms with Gasteiger partial charge in [-0.05, 0) is 20.4 Å². The number of hydrogen-bond donors (Lipinski definition) is 1. The van der Waals surface area contributed by atoms with Crippen molar-refractivity contribution in [3.8, 4) is 0 Å². The summed E-state index contributed by atoms with van der Waals surface area (Å²) in [5.74, 6) is 1.22. The summed E-state index contributed by atoms with van der Waals surface area (Å²) in [7, 11) is 0. The predicted molar refractivity (Wildman–Crippen MR) is 83.1 cm³/mol. The summed E-state index contributed by atoms with van der Waals surface area (Å²) in [6.45, 7) is 12.1. The minimum Gasteiger partial charge on any atom is -0.346 e. The molecular formula is C13H23N3S2. The zero-order chi connectivity index (χ0) is 13.1. The Kier molecular flexibility index (Phi) is 4.92. The van der Waals surface area contributed by atoms with Gasteiger partial charge in [0, 0.05) is 35.0 Å². The molecule has 2 unspecified atom stereocenters. The molecule has 0 aliphatic carbocycles. The second-order valence-electron chi connectivity index (χ2n) is 4.85. The van der Waals surface area contributed by atoms with Crippen molar-refractivity contribution in [1.29, 1.82) is 0 Å². The SMILES string of the molecule is CCNC(C)c1sc(N2CCSC(C)C2)nc1C. The first kappa shape index (κ1) is 14.2. The number of thiazole rings is 1. The highest BCUT2D eigenvalue weighted by Gasteiger charge is 2.22. The number of aromatic nitrogens is 1. The molecule has 0 aromatic carbocycles. The van der Waals surface area contributed by atoms with E-state index in [1.165, 1.54) is 21.5 Å². The van der Waals surface area contributed by atoms with Crippen LogP contribution in [-0.2, 0) is 0 Å². The minimum atomic E-state index is 0.415. The van der Waals surface area contributed by atoms with Gasteiger partial charge < -0.3 is 10.2 Å². The second kappa shape index (κ2) is 6.26. The minimum absolute atomic E-state index is 0.415. The molecule has 0 amide bonds. The fourth-order valence-corrected chi connectivity index (χ4v) is 4.46. The highest BCUT2D eigenvalue weighted by atomic mass is 32.2. The fourth-order valence-electron chi connectivity index (χ4n) is 2.32. The average molecular weight is 285 g/mol. The molecule has 102 valence electrons. The Morgan fingerprint density at radius 2 is 2.33 bits per heavy atom. The van der Waals surface area contributed by atoms with Crippen LogP contribution in [0.15, 0.2) is 0 Å². The van der Waals surface area contributed by atoms with Gasteiger partial charge in [0.1, 0.15) is 0 Å². The molecule has 0 bridgehead atoms. The van der Waals surface area contributed by atoms with E-state index in [2.05, 4.69) is 49.7 Å². The number of rotatable bonds is 4. The zero-order valence-corrected chi connectivity index (χ0v) is 13.3. The lowest BCUT2D eigenvalue weighted by Gasteiger charge is -2.30. The van der Waals surface area contributed by atoms with Crippen LogP contribution in [0.2, 0.25) is 0 Å². The summed E-state index contributed by atoms with van der Waals surface area (Å²) in [6, 6.07) is 0.415. The molecule has 2 heterocycles. The maximum Gasteiger partial charge on any atom is 0.185 e. The zero-order valence-electron chi connectivity index (χ0n) is 11.7. The highest BCUT2D eigenvalue weighted by Crippen LogP contribution is 2.32. The van der Waals surface area contributed by atoms with E-state index in [1.807, 2.05) is 11.3 Å². The van der Waals surface area contributed by atoms with Gasteiger partial charge in [-0.1, -0.05) is 13.8 Å². The number of anilines is 1. The third-order valence-corrected chi connectivity index (χ3v) is 5.77. The molecule has 0 saturated carbocycles. The molecule has 0 radical (unpaired) electrons. The molecule has 18 heavy (non-hydrogen) atoms. The van der Waals surface area contributed by atoms with E-state index in [9.17, 15) is 0 Å². The monoisotopic (exact) mass is 285 g/mol. The van der Waals surface area contributed by atoms with Crippen molar-refractivity contribution in [2.45, 2.75) is 39.0 Å². The first-order valence-electron chi connectivity index (χ1n) is 6.69. The smallest absolute Gasteiger partial charge is 0.185 e. The van der Waals surface area contributed by atoms with E-state index in [0.717, 1.165) is 24.9 Å². The quantitative estimate of drug-likeness (QED) is 0.920. The molecule has 2 atom stereocenters. The van der Waals surface area contributed by atoms with E-state index in [4.69, 9.17) is 4.98 Å². The number of hydrogen-bond acceptors (Lipinski definition) is 5. The van der Waals surface area contributed by atoms with Crippen molar-refractivity contribution >= 4 is 28.2 Å². The number of aryl methyl sites for hydroxylation is 1. The lowest BCUT2D eigenvalue weighted by molar-refractivity contribution is 0.603. The summed E-state index contributed by atoms with van der Waals surface area (Å²) in [5, 5.41) is 5.40. The molecule has 2 rings (SSSR count). The number of thioether (sulfide) groups is 1. The Hall–Kier alpha value is -0.260. The Balaban J connectivity index is 2.12. The van der Waals surface area contributed by atoms with Crippen LogP contribution in [-0.4, -0.2) is 35.6 Å². The first-order valence-corrected chi connectivity index (χ1v) is 8.55. The first-order chi connectivity index (χ1) is 8.61. The van der Waals surface area contributed by atoms with E-state index < -0.39 is 0 Å². The van der Waals surface area contributed by atoms with Gasteiger partial charge in [0.25, 0.3) is 0 Å². The van der Waals surface area contributed by atoms with Crippen molar-refractivity contribution in [3.63, 3.8) is 0 Å². The summed E-state index contributed by atoms with van der Waals surface area (Å²) in [4.78, 5) is 8.60. The van der Waals surface area contributed by atoms with Crippen molar-refractivity contribution < 1.29 is 0 Å². The Labute approximate surface area is 118 Å². The number of nitrogens with one attached hydrogen (secondary N) is 1. The predicted octanol–water partition coefficient (Wildman–Crippen LogP) is 3.06. The average Bonchev–Trinajstić information content (AvgIpc) is 2.72. The second-order valence-corrected chi connectivity index (χ2v) is 7.41. The molecule has 1 aromatic rings. The van der Waals surface area contributed by atoms with Crippen LogP contribution in [0.25, 0.3) is 0 Å². The van der Waals surface area contributed by atoms with Crippen molar-refractivity contribution in [2.75, 3.05) is 30.3 Å². The lowest BCUT2D eigenvalue weighted by Crippen LogP contribution is -2.36. The van der Waals surface area contributed by atoms with E-state index in [0.29, 0.717) is 6.04 Å². The Morgan fingerprint density at radius 3 is 3.00 bits per heavy atom. The maximum atomic E-state index is 4.77. The molecule has 1 N–H and O–H groups in total. The standard InChI is InChI=1S/C13H23N3S2/c1-5-14-10(3)12-11(4)15-13(18-12)16-6-7-17-9(2)8-16/h9-10,14H,5-8H2,1-4H3. The molecule has 1 fully saturated rings. The van der Waals surface area contributed by atoms with Crippen LogP contribution in [0.1, 0.15) is 37.4 Å². The van der Waals surface area contributed by atoms with Gasteiger partial charge in [-0.15, -0.1) is 11.3 Å². The molecule has 1 aliphatic heterocycles. The van der Waals surface area contributed by atoms with Gasteiger partial charge in [0.15, 0.2) is 5.13 Å². The Bertz CT molecular complexity index is 392. The molecular weight excluding hydrogens is 262 g/mol. The van der Waals surface area contributed by atoms with Gasteiger partial charge in [0.2, 0.25) is 0 Å². The van der Waals surface area contributed by atoms with Gasteiger partial charge in [-0.25, -0.2) is 4.98 Å². The van der Waals surface area contributed by atoms with E-state index in [-0.39, 0.29) is 0 Å². The fraction of sp³-hybridized carbons (Fsp3) is 0.769. The van der Waals surface area contributed by atoms with Crippen LogP contribution >= 0.6 is 23.1 Å². The number of nitrogens with zero attached hydrogens (tertiary/aromatic N) is 2. The van der Waals surface area contributed by atoms with Crippen LogP contribution in [0, 0.1) is 6.92 Å². The largest absolute Gasteiger partial charge is 0.346 e. The normalized spacial score (nSPS) is 22.2. The van der Waals surface area contributed by atoms with E-state index in [1.54, 1.807) is 0 Å². The Morgan fingerprint density at radius 1 is 1.56 bits per heavy atom. The summed E-state index contributed by atoms with van der Waals surface area (Å²) >= 11 is 3.92. The summed E-state index contributed by atoms with van der Waals surface area (Å²) < 4.78 is 0. The molecule has 3 nitrogen and oxygen atoms in total. The molecule has 1 aliphatic rings. The maximum absolute atomic E-state index is 4.77. The topological polar surface area (TPSA) is 28.2 Å². The van der Waals surface area contributed by atoms with Crippen LogP contribution in [0.4, 0.5) is 5.13 Å².